The van der Waals surface area contributed by atoms with Gasteiger partial charge in [-0.2, -0.15) is 5.10 Å². The molecule has 4 amide bonds. The molecule has 1 aliphatic rings. The monoisotopic (exact) mass is 356 g/mol. The fraction of sp³-hybridized carbons (Fsp3) is 0.353. The second-order valence-corrected chi connectivity index (χ2v) is 6.23. The van der Waals surface area contributed by atoms with Crippen molar-refractivity contribution in [3.05, 3.63) is 42.5 Å². The topological polar surface area (TPSA) is 91.6 Å². The molecule has 136 valence electrons. The van der Waals surface area contributed by atoms with Crippen LogP contribution < -0.4 is 0 Å². The van der Waals surface area contributed by atoms with Gasteiger partial charge in [0.25, 0.3) is 5.91 Å². The Bertz CT molecular complexity index is 818. The smallest absolute Gasteiger partial charge is 0.327 e. The molecule has 1 aromatic carbocycles. The highest BCUT2D eigenvalue weighted by Gasteiger charge is 2.35. The molecule has 2 aromatic rings. The Morgan fingerprint density at radius 3 is 2.50 bits per heavy atom. The van der Waals surface area contributed by atoms with Crippen molar-refractivity contribution >= 4 is 17.8 Å². The van der Waals surface area contributed by atoms with Gasteiger partial charge in [-0.1, -0.05) is 12.1 Å². The van der Waals surface area contributed by atoms with Crippen LogP contribution in [0.1, 0.15) is 18.5 Å². The highest BCUT2D eigenvalue weighted by molar-refractivity contribution is 6.04. The first kappa shape index (κ1) is 17.6. The number of nitrogens with zero attached hydrogens (tertiary/aromatic N) is 6. The van der Waals surface area contributed by atoms with Crippen LogP contribution in [0.2, 0.25) is 0 Å². The molecule has 0 bridgehead atoms. The molecular formula is C17H20N6O3. The summed E-state index contributed by atoms with van der Waals surface area (Å²) in [6.07, 6.45) is 3.07. The van der Waals surface area contributed by atoms with Gasteiger partial charge in [-0.3, -0.25) is 14.5 Å². The SMILES string of the molecule is C[C@@H](c1ccc(-n2cncn2)cc1)N(C)C(=O)CN1C(=O)CN(C)C1=O. The highest BCUT2D eigenvalue weighted by Crippen LogP contribution is 2.21. The number of carbonyl (C=O) groups is 3. The molecule has 1 fully saturated rings. The first-order valence-electron chi connectivity index (χ1n) is 8.14. The van der Waals surface area contributed by atoms with Crippen molar-refractivity contribution in [2.45, 2.75) is 13.0 Å². The van der Waals surface area contributed by atoms with Gasteiger partial charge >= 0.3 is 6.03 Å². The Hall–Kier alpha value is -3.23. The number of carbonyl (C=O) groups excluding carboxylic acids is 3. The predicted octanol–water partition coefficient (Wildman–Crippen LogP) is 0.681. The zero-order valence-corrected chi connectivity index (χ0v) is 14.9. The number of aromatic nitrogens is 3. The number of amides is 4. The average molecular weight is 356 g/mol. The standard InChI is InChI=1S/C17H20N6O3/c1-12(13-4-6-14(7-5-13)23-11-18-10-19-23)21(3)15(24)9-22-16(25)8-20(2)17(22)26/h4-7,10-12H,8-9H2,1-3H3/t12-/m0/s1. The van der Waals surface area contributed by atoms with Crippen LogP contribution >= 0.6 is 0 Å². The van der Waals surface area contributed by atoms with E-state index in [1.54, 1.807) is 18.1 Å². The van der Waals surface area contributed by atoms with Crippen molar-refractivity contribution in [3.8, 4) is 5.69 Å². The van der Waals surface area contributed by atoms with Gasteiger partial charge in [-0.05, 0) is 24.6 Å². The van der Waals surface area contributed by atoms with E-state index in [1.165, 1.54) is 23.2 Å². The summed E-state index contributed by atoms with van der Waals surface area (Å²) in [5.74, 6) is -0.654. The Balaban J connectivity index is 1.67. The van der Waals surface area contributed by atoms with Gasteiger partial charge in [0.05, 0.1) is 11.7 Å². The Morgan fingerprint density at radius 2 is 1.96 bits per heavy atom. The lowest BCUT2D eigenvalue weighted by Gasteiger charge is -2.27. The number of likely N-dealkylation sites (N-methyl/N-ethyl adjacent to an activating group) is 2. The maximum Gasteiger partial charge on any atom is 0.327 e. The van der Waals surface area contributed by atoms with E-state index >= 15 is 0 Å². The van der Waals surface area contributed by atoms with Crippen LogP contribution in [0.5, 0.6) is 0 Å². The summed E-state index contributed by atoms with van der Waals surface area (Å²) in [5, 5.41) is 4.07. The van der Waals surface area contributed by atoms with Gasteiger partial charge in [0.15, 0.2) is 0 Å². The van der Waals surface area contributed by atoms with E-state index in [2.05, 4.69) is 10.1 Å². The summed E-state index contributed by atoms with van der Waals surface area (Å²) in [5.41, 5.74) is 1.80. The van der Waals surface area contributed by atoms with Crippen LogP contribution in [0.25, 0.3) is 5.69 Å². The first-order chi connectivity index (χ1) is 12.4. The number of rotatable bonds is 5. The van der Waals surface area contributed by atoms with E-state index in [4.69, 9.17) is 0 Å². The number of urea groups is 1. The fourth-order valence-electron chi connectivity index (χ4n) is 2.76. The summed E-state index contributed by atoms with van der Waals surface area (Å²) in [4.78, 5) is 44.0. The quantitative estimate of drug-likeness (QED) is 0.735. The maximum absolute atomic E-state index is 12.5. The lowest BCUT2D eigenvalue weighted by Crippen LogP contribution is -2.42. The van der Waals surface area contributed by atoms with Gasteiger partial charge in [0.1, 0.15) is 25.7 Å². The summed E-state index contributed by atoms with van der Waals surface area (Å²) < 4.78 is 1.64. The predicted molar refractivity (Wildman–Crippen MR) is 92.3 cm³/mol. The third kappa shape index (κ3) is 3.28. The summed E-state index contributed by atoms with van der Waals surface area (Å²) in [7, 11) is 3.20. The van der Waals surface area contributed by atoms with Crippen LogP contribution in [0.15, 0.2) is 36.9 Å². The molecular weight excluding hydrogens is 336 g/mol. The lowest BCUT2D eigenvalue weighted by atomic mass is 10.1. The normalized spacial score (nSPS) is 15.5. The second kappa shape index (κ2) is 6.95. The molecule has 1 aromatic heterocycles. The van der Waals surface area contributed by atoms with E-state index in [-0.39, 0.29) is 30.9 Å². The van der Waals surface area contributed by atoms with Crippen molar-refractivity contribution in [3.63, 3.8) is 0 Å². The Kier molecular flexibility index (Phi) is 4.70. The van der Waals surface area contributed by atoms with Gasteiger partial charge in [0.2, 0.25) is 5.91 Å². The molecule has 0 unspecified atom stereocenters. The van der Waals surface area contributed by atoms with Gasteiger partial charge in [-0.25, -0.2) is 14.5 Å². The summed E-state index contributed by atoms with van der Waals surface area (Å²) in [6, 6.07) is 6.94. The summed E-state index contributed by atoms with van der Waals surface area (Å²) >= 11 is 0. The number of imide groups is 1. The third-order valence-corrected chi connectivity index (χ3v) is 4.56. The maximum atomic E-state index is 12.5. The van der Waals surface area contributed by atoms with Crippen LogP contribution in [0.3, 0.4) is 0 Å². The molecule has 1 atom stereocenters. The van der Waals surface area contributed by atoms with E-state index in [1.807, 2.05) is 31.2 Å². The van der Waals surface area contributed by atoms with E-state index < -0.39 is 6.03 Å². The molecule has 0 radical (unpaired) electrons. The molecule has 0 N–H and O–H groups in total. The molecule has 0 saturated carbocycles. The molecule has 3 rings (SSSR count). The molecule has 0 aliphatic carbocycles. The molecule has 0 spiro atoms. The Labute approximate surface area is 150 Å². The molecule has 26 heavy (non-hydrogen) atoms. The van der Waals surface area contributed by atoms with Crippen LogP contribution in [0.4, 0.5) is 4.79 Å². The van der Waals surface area contributed by atoms with E-state index in [0.29, 0.717) is 0 Å². The first-order valence-corrected chi connectivity index (χ1v) is 8.14. The minimum absolute atomic E-state index is 0.00906. The summed E-state index contributed by atoms with van der Waals surface area (Å²) in [6.45, 7) is 1.65. The van der Waals surface area contributed by atoms with E-state index in [9.17, 15) is 14.4 Å². The lowest BCUT2D eigenvalue weighted by molar-refractivity contribution is -0.137. The fourth-order valence-corrected chi connectivity index (χ4v) is 2.76. The van der Waals surface area contributed by atoms with Gasteiger partial charge in [0, 0.05) is 14.1 Å². The zero-order valence-electron chi connectivity index (χ0n) is 14.9. The largest absolute Gasteiger partial charge is 0.337 e. The molecule has 2 heterocycles. The molecule has 1 saturated heterocycles. The van der Waals surface area contributed by atoms with Crippen LogP contribution in [0, 0.1) is 0 Å². The minimum Gasteiger partial charge on any atom is -0.337 e. The number of benzene rings is 1. The van der Waals surface area contributed by atoms with Crippen molar-refractivity contribution < 1.29 is 14.4 Å². The molecule has 1 aliphatic heterocycles. The highest BCUT2D eigenvalue weighted by atomic mass is 16.2. The van der Waals surface area contributed by atoms with E-state index in [0.717, 1.165) is 16.2 Å². The van der Waals surface area contributed by atoms with Crippen molar-refractivity contribution in [2.75, 3.05) is 27.2 Å². The molecule has 9 nitrogen and oxygen atoms in total. The van der Waals surface area contributed by atoms with Crippen molar-refractivity contribution in [2.24, 2.45) is 0 Å². The average Bonchev–Trinajstić information content (AvgIpc) is 3.25. The Morgan fingerprint density at radius 1 is 1.27 bits per heavy atom. The van der Waals surface area contributed by atoms with Crippen LogP contribution in [-0.4, -0.2) is 74.5 Å². The van der Waals surface area contributed by atoms with Gasteiger partial charge in [-0.15, -0.1) is 0 Å². The van der Waals surface area contributed by atoms with Crippen molar-refractivity contribution in [1.82, 2.24) is 29.5 Å². The number of hydrogen-bond donors (Lipinski definition) is 0. The van der Waals surface area contributed by atoms with Crippen molar-refractivity contribution in [1.29, 1.82) is 0 Å². The second-order valence-electron chi connectivity index (χ2n) is 6.23. The van der Waals surface area contributed by atoms with Gasteiger partial charge < -0.3 is 9.80 Å². The third-order valence-electron chi connectivity index (χ3n) is 4.56. The molecule has 9 heteroatoms. The van der Waals surface area contributed by atoms with Crippen LogP contribution in [-0.2, 0) is 9.59 Å². The minimum atomic E-state index is -0.443. The zero-order chi connectivity index (χ0) is 18.8. The number of hydrogen-bond acceptors (Lipinski definition) is 5.